The van der Waals surface area contributed by atoms with Gasteiger partial charge in [0, 0.05) is 37.6 Å². The van der Waals surface area contributed by atoms with Gasteiger partial charge >= 0.3 is 0 Å². The van der Waals surface area contributed by atoms with E-state index in [0.717, 1.165) is 62.6 Å². The van der Waals surface area contributed by atoms with E-state index in [0.29, 0.717) is 17.7 Å². The molecule has 1 aromatic carbocycles. The highest BCUT2D eigenvalue weighted by Gasteiger charge is 2.23. The van der Waals surface area contributed by atoms with Crippen molar-refractivity contribution in [3.05, 3.63) is 51.4 Å². The van der Waals surface area contributed by atoms with Crippen LogP contribution in [0.4, 0.5) is 5.00 Å². The molecule has 0 radical (unpaired) electrons. The molecule has 0 atom stereocenters. The third-order valence-electron chi connectivity index (χ3n) is 6.11. The van der Waals surface area contributed by atoms with E-state index < -0.39 is 0 Å². The first-order chi connectivity index (χ1) is 15.2. The molecule has 0 bridgehead atoms. The van der Waals surface area contributed by atoms with E-state index >= 15 is 0 Å². The minimum Gasteiger partial charge on any atom is -0.315 e. The van der Waals surface area contributed by atoms with Crippen molar-refractivity contribution in [2.75, 3.05) is 38.0 Å². The highest BCUT2D eigenvalue weighted by molar-refractivity contribution is 7.16. The Bertz CT molecular complexity index is 1010. The number of aryl methyl sites for hydroxylation is 1. The maximum Gasteiger partial charge on any atom is 0.239 e. The number of amides is 1. The number of carbonyl (C=O) groups excluding carboxylic acids is 1. The van der Waals surface area contributed by atoms with Gasteiger partial charge in [-0.3, -0.25) is 14.6 Å². The molecule has 2 aliphatic rings. The number of hydrogen-bond acceptors (Lipinski definition) is 6. The van der Waals surface area contributed by atoms with Crippen LogP contribution in [0.25, 0.3) is 0 Å². The summed E-state index contributed by atoms with van der Waals surface area (Å²) < 4.78 is 0. The summed E-state index contributed by atoms with van der Waals surface area (Å²) in [6, 6.07) is 12.2. The first-order valence-corrected chi connectivity index (χ1v) is 11.8. The van der Waals surface area contributed by atoms with Gasteiger partial charge < -0.3 is 5.32 Å². The van der Waals surface area contributed by atoms with E-state index in [1.807, 2.05) is 24.3 Å². The second-order valence-electron chi connectivity index (χ2n) is 8.29. The number of carbonyl (C=O) groups is 1. The third-order valence-corrected chi connectivity index (χ3v) is 7.31. The maximum absolute atomic E-state index is 12.7. The molecular formula is C24H27N5OS. The van der Waals surface area contributed by atoms with Crippen LogP contribution in [0.5, 0.6) is 0 Å². The Morgan fingerprint density at radius 1 is 0.968 bits per heavy atom. The van der Waals surface area contributed by atoms with Crippen molar-refractivity contribution in [3.63, 3.8) is 0 Å². The van der Waals surface area contributed by atoms with Crippen LogP contribution in [0.3, 0.4) is 0 Å². The summed E-state index contributed by atoms with van der Waals surface area (Å²) in [5.41, 5.74) is 3.73. The molecule has 1 aliphatic heterocycles. The number of hydrogen-bond donors (Lipinski definition) is 1. The summed E-state index contributed by atoms with van der Waals surface area (Å²) in [5.74, 6) is -0.0338. The molecule has 0 spiro atoms. The van der Waals surface area contributed by atoms with Gasteiger partial charge in [0.15, 0.2) is 0 Å². The minimum absolute atomic E-state index is 0.0338. The number of benzene rings is 1. The van der Waals surface area contributed by atoms with Crippen LogP contribution in [0.1, 0.15) is 46.4 Å². The number of thiophene rings is 1. The van der Waals surface area contributed by atoms with Crippen molar-refractivity contribution in [1.82, 2.24) is 9.80 Å². The fourth-order valence-corrected chi connectivity index (χ4v) is 5.62. The molecule has 1 aromatic heterocycles. The summed E-state index contributed by atoms with van der Waals surface area (Å²) in [6.45, 7) is 4.72. The first kappa shape index (κ1) is 21.5. The SMILES string of the molecule is N#Cc1ccc(CN2CCN(CC(=O)Nc3sc4c(c3C#N)CCCCC4)CC2)cc1. The van der Waals surface area contributed by atoms with Gasteiger partial charge in [-0.2, -0.15) is 10.5 Å². The molecule has 31 heavy (non-hydrogen) atoms. The lowest BCUT2D eigenvalue weighted by Crippen LogP contribution is -2.48. The van der Waals surface area contributed by atoms with Gasteiger partial charge in [0.25, 0.3) is 0 Å². The lowest BCUT2D eigenvalue weighted by Gasteiger charge is -2.34. The second-order valence-corrected chi connectivity index (χ2v) is 9.39. The molecule has 4 rings (SSSR count). The molecule has 2 aromatic rings. The molecule has 1 saturated heterocycles. The van der Waals surface area contributed by atoms with Crippen LogP contribution in [0, 0.1) is 22.7 Å². The molecule has 2 heterocycles. The van der Waals surface area contributed by atoms with Crippen molar-refractivity contribution in [2.45, 2.75) is 38.6 Å². The Morgan fingerprint density at radius 2 is 1.68 bits per heavy atom. The van der Waals surface area contributed by atoms with Crippen LogP contribution in [0.15, 0.2) is 24.3 Å². The number of nitrogens with one attached hydrogen (secondary N) is 1. The number of fused-ring (bicyclic) bond motifs is 1. The summed E-state index contributed by atoms with van der Waals surface area (Å²) in [5, 5.41) is 22.3. The van der Waals surface area contributed by atoms with Gasteiger partial charge in [-0.1, -0.05) is 18.6 Å². The molecule has 6 nitrogen and oxygen atoms in total. The van der Waals surface area contributed by atoms with Gasteiger partial charge in [-0.05, 0) is 48.9 Å². The van der Waals surface area contributed by atoms with Crippen molar-refractivity contribution in [2.24, 2.45) is 0 Å². The van der Waals surface area contributed by atoms with Crippen molar-refractivity contribution < 1.29 is 4.79 Å². The molecular weight excluding hydrogens is 406 g/mol. The van der Waals surface area contributed by atoms with Crippen LogP contribution < -0.4 is 5.32 Å². The molecule has 1 fully saturated rings. The van der Waals surface area contributed by atoms with E-state index in [-0.39, 0.29) is 5.91 Å². The smallest absolute Gasteiger partial charge is 0.239 e. The fraction of sp³-hybridized carbons (Fsp3) is 0.458. The zero-order valence-corrected chi connectivity index (χ0v) is 18.5. The highest BCUT2D eigenvalue weighted by Crippen LogP contribution is 2.36. The van der Waals surface area contributed by atoms with E-state index in [1.165, 1.54) is 23.3 Å². The Balaban J connectivity index is 1.28. The molecule has 0 saturated carbocycles. The van der Waals surface area contributed by atoms with Crippen molar-refractivity contribution in [3.8, 4) is 12.1 Å². The van der Waals surface area contributed by atoms with Crippen LogP contribution in [0.2, 0.25) is 0 Å². The number of nitrogens with zero attached hydrogens (tertiary/aromatic N) is 4. The van der Waals surface area contributed by atoms with E-state index in [2.05, 4.69) is 27.3 Å². The number of nitriles is 2. The number of anilines is 1. The summed E-state index contributed by atoms with van der Waals surface area (Å²) in [6.07, 6.45) is 5.47. The molecule has 160 valence electrons. The Kier molecular flexibility index (Phi) is 6.99. The molecule has 0 unspecified atom stereocenters. The predicted octanol–water partition coefficient (Wildman–Crippen LogP) is 3.52. The zero-order chi connectivity index (χ0) is 21.6. The van der Waals surface area contributed by atoms with Gasteiger partial charge in [0.1, 0.15) is 11.1 Å². The minimum atomic E-state index is -0.0338. The Hall–Kier alpha value is -2.71. The van der Waals surface area contributed by atoms with Gasteiger partial charge in [0.05, 0.1) is 23.7 Å². The van der Waals surface area contributed by atoms with Gasteiger partial charge in [-0.15, -0.1) is 11.3 Å². The summed E-state index contributed by atoms with van der Waals surface area (Å²) in [7, 11) is 0. The van der Waals surface area contributed by atoms with Crippen LogP contribution in [-0.2, 0) is 24.2 Å². The maximum atomic E-state index is 12.7. The number of piperazine rings is 1. The van der Waals surface area contributed by atoms with E-state index in [9.17, 15) is 10.1 Å². The van der Waals surface area contributed by atoms with Gasteiger partial charge in [-0.25, -0.2) is 0 Å². The quantitative estimate of drug-likeness (QED) is 0.730. The lowest BCUT2D eigenvalue weighted by molar-refractivity contribution is -0.117. The van der Waals surface area contributed by atoms with Crippen molar-refractivity contribution >= 4 is 22.2 Å². The Labute approximate surface area is 187 Å². The van der Waals surface area contributed by atoms with Crippen molar-refractivity contribution in [1.29, 1.82) is 10.5 Å². The molecule has 1 amide bonds. The average Bonchev–Trinajstić information content (AvgIpc) is 2.94. The topological polar surface area (TPSA) is 83.2 Å². The van der Waals surface area contributed by atoms with E-state index in [1.54, 1.807) is 11.3 Å². The van der Waals surface area contributed by atoms with E-state index in [4.69, 9.17) is 5.26 Å². The second kappa shape index (κ2) is 10.1. The summed E-state index contributed by atoms with van der Waals surface area (Å²) >= 11 is 1.59. The molecule has 1 aliphatic carbocycles. The first-order valence-electron chi connectivity index (χ1n) is 10.9. The monoisotopic (exact) mass is 433 g/mol. The molecule has 1 N–H and O–H groups in total. The normalized spacial score (nSPS) is 17.2. The highest BCUT2D eigenvalue weighted by atomic mass is 32.1. The third kappa shape index (κ3) is 5.32. The largest absolute Gasteiger partial charge is 0.315 e. The van der Waals surface area contributed by atoms with Crippen LogP contribution in [-0.4, -0.2) is 48.4 Å². The zero-order valence-electron chi connectivity index (χ0n) is 17.7. The standard InChI is InChI=1S/C24H27N5OS/c25-14-18-6-8-19(9-7-18)16-28-10-12-29(13-11-28)17-23(30)27-24-21(15-26)20-4-2-1-3-5-22(20)31-24/h6-9H,1-5,10-13,16-17H2,(H,27,30). The summed E-state index contributed by atoms with van der Waals surface area (Å²) in [4.78, 5) is 18.5. The predicted molar refractivity (Wildman–Crippen MR) is 122 cm³/mol. The average molecular weight is 434 g/mol. The molecule has 7 heteroatoms. The number of rotatable bonds is 5. The lowest BCUT2D eigenvalue weighted by atomic mass is 10.1. The van der Waals surface area contributed by atoms with Gasteiger partial charge in [0.2, 0.25) is 5.91 Å². The van der Waals surface area contributed by atoms with Crippen LogP contribution >= 0.6 is 11.3 Å². The Morgan fingerprint density at radius 3 is 2.39 bits per heavy atom. The fourth-order valence-electron chi connectivity index (χ4n) is 4.37.